The molecule has 3 atom stereocenters. The molecule has 12 heteroatoms. The highest BCUT2D eigenvalue weighted by molar-refractivity contribution is 5.82. The number of fused-ring (bicyclic) bond motifs is 4. The lowest BCUT2D eigenvalue weighted by molar-refractivity contribution is -0.122. The molecule has 0 radical (unpaired) electrons. The zero-order valence-electron chi connectivity index (χ0n) is 22.2. The molecule has 214 valence electrons. The van der Waals surface area contributed by atoms with Crippen LogP contribution in [0.3, 0.4) is 0 Å². The lowest BCUT2D eigenvalue weighted by Crippen LogP contribution is -2.34. The number of nitrogens with one attached hydrogen (secondary N) is 2. The summed E-state index contributed by atoms with van der Waals surface area (Å²) < 4.78 is 57.3. The van der Waals surface area contributed by atoms with Crippen molar-refractivity contribution in [2.75, 3.05) is 0 Å². The van der Waals surface area contributed by atoms with Crippen molar-refractivity contribution in [2.24, 2.45) is 5.92 Å². The zero-order chi connectivity index (χ0) is 29.0. The first-order chi connectivity index (χ1) is 20.3. The summed E-state index contributed by atoms with van der Waals surface area (Å²) in [6, 6.07) is 6.10. The Morgan fingerprint density at radius 2 is 1.93 bits per heavy atom. The number of rotatable bonds is 8. The molecule has 2 aliphatic rings. The Morgan fingerprint density at radius 3 is 2.74 bits per heavy atom. The van der Waals surface area contributed by atoms with Crippen molar-refractivity contribution in [3.8, 4) is 11.1 Å². The molecule has 1 aromatic carbocycles. The first-order valence-electron chi connectivity index (χ1n) is 13.7. The van der Waals surface area contributed by atoms with Crippen molar-refractivity contribution in [1.82, 2.24) is 35.0 Å². The number of carbonyl (C=O) groups is 1. The molecule has 5 aromatic rings. The van der Waals surface area contributed by atoms with Crippen LogP contribution in [-0.2, 0) is 24.2 Å². The number of benzene rings is 1. The molecule has 1 amide bonds. The number of pyridine rings is 1. The van der Waals surface area contributed by atoms with Gasteiger partial charge in [0.1, 0.15) is 35.8 Å². The van der Waals surface area contributed by atoms with Crippen LogP contribution in [0.1, 0.15) is 59.4 Å². The van der Waals surface area contributed by atoms with E-state index in [4.69, 9.17) is 0 Å². The van der Waals surface area contributed by atoms with Crippen LogP contribution in [0, 0.1) is 17.6 Å². The van der Waals surface area contributed by atoms with Gasteiger partial charge in [0.05, 0.1) is 11.7 Å². The number of amides is 1. The van der Waals surface area contributed by atoms with Crippen LogP contribution in [0.2, 0.25) is 0 Å². The van der Waals surface area contributed by atoms with Gasteiger partial charge in [-0.1, -0.05) is 0 Å². The zero-order valence-corrected chi connectivity index (χ0v) is 22.2. The molecule has 4 heterocycles. The molecular weight excluding hydrogens is 550 g/mol. The van der Waals surface area contributed by atoms with E-state index in [1.54, 1.807) is 18.6 Å². The first kappa shape index (κ1) is 26.3. The van der Waals surface area contributed by atoms with Gasteiger partial charge < -0.3 is 10.3 Å². The molecule has 1 fully saturated rings. The molecule has 0 spiro atoms. The maximum Gasteiger partial charge on any atom is 0.282 e. The molecule has 2 aliphatic carbocycles. The number of aromatic amines is 1. The van der Waals surface area contributed by atoms with Crippen molar-refractivity contribution in [3.63, 3.8) is 0 Å². The fraction of sp³-hybridized carbons (Fsp3) is 0.300. The average molecular weight is 576 g/mol. The summed E-state index contributed by atoms with van der Waals surface area (Å²) in [4.78, 5) is 29.6. The summed E-state index contributed by atoms with van der Waals surface area (Å²) in [6.45, 7) is -0.274. The highest BCUT2D eigenvalue weighted by atomic mass is 19.3. The van der Waals surface area contributed by atoms with Crippen LogP contribution in [0.25, 0.3) is 22.2 Å². The third-order valence-corrected chi connectivity index (χ3v) is 8.15. The Labute approximate surface area is 237 Å². The summed E-state index contributed by atoms with van der Waals surface area (Å²) in [5.41, 5.74) is 3.68. The lowest BCUT2D eigenvalue weighted by Gasteiger charge is -2.22. The van der Waals surface area contributed by atoms with E-state index in [1.807, 2.05) is 12.1 Å². The van der Waals surface area contributed by atoms with Gasteiger partial charge in [-0.25, -0.2) is 32.5 Å². The third kappa shape index (κ3) is 4.90. The first-order valence-corrected chi connectivity index (χ1v) is 13.7. The molecule has 0 saturated heterocycles. The molecule has 7 rings (SSSR count). The summed E-state index contributed by atoms with van der Waals surface area (Å²) in [5.74, 6) is -1.42. The quantitative estimate of drug-likeness (QED) is 0.235. The van der Waals surface area contributed by atoms with Gasteiger partial charge in [0.25, 0.3) is 6.43 Å². The van der Waals surface area contributed by atoms with E-state index in [2.05, 4.69) is 30.4 Å². The predicted octanol–water partition coefficient (Wildman–Crippen LogP) is 5.58. The van der Waals surface area contributed by atoms with Crippen LogP contribution < -0.4 is 5.32 Å². The molecule has 2 N–H and O–H groups in total. The third-order valence-electron chi connectivity index (χ3n) is 8.15. The Bertz CT molecular complexity index is 1800. The van der Waals surface area contributed by atoms with Gasteiger partial charge in [-0.05, 0) is 61.4 Å². The van der Waals surface area contributed by atoms with E-state index in [1.165, 1.54) is 23.1 Å². The van der Waals surface area contributed by atoms with Crippen molar-refractivity contribution >= 4 is 16.9 Å². The van der Waals surface area contributed by atoms with Crippen molar-refractivity contribution in [3.05, 3.63) is 95.1 Å². The highest BCUT2D eigenvalue weighted by Crippen LogP contribution is 2.55. The molecule has 0 bridgehead atoms. The number of nitrogens with zero attached hydrogens (tertiary/aromatic N) is 5. The average Bonchev–Trinajstić information content (AvgIpc) is 3.43. The Morgan fingerprint density at radius 1 is 1.10 bits per heavy atom. The normalized spacial score (nSPS) is 18.1. The molecule has 0 aliphatic heterocycles. The van der Waals surface area contributed by atoms with E-state index < -0.39 is 30.0 Å². The molecule has 8 nitrogen and oxygen atoms in total. The number of aromatic nitrogens is 6. The number of halogens is 4. The van der Waals surface area contributed by atoms with Crippen molar-refractivity contribution in [1.29, 1.82) is 0 Å². The number of carbonyl (C=O) groups excluding carboxylic acids is 1. The topological polar surface area (TPSA) is 101 Å². The van der Waals surface area contributed by atoms with Gasteiger partial charge in [-0.15, -0.1) is 0 Å². The van der Waals surface area contributed by atoms with Gasteiger partial charge in [-0.3, -0.25) is 9.48 Å². The van der Waals surface area contributed by atoms with Gasteiger partial charge in [-0.2, -0.15) is 5.10 Å². The van der Waals surface area contributed by atoms with E-state index in [0.717, 1.165) is 24.3 Å². The molecular formula is C30H25F4N7O. The van der Waals surface area contributed by atoms with Gasteiger partial charge in [0.2, 0.25) is 5.91 Å². The van der Waals surface area contributed by atoms with Crippen molar-refractivity contribution in [2.45, 2.75) is 50.6 Å². The Kier molecular flexibility index (Phi) is 6.47. The standard InChI is InChI=1S/C30H25F4N7O/c31-19-5-15(6-20(32)10-19)7-24(26-23(12-35-14-38-26)18-8-17-3-4-36-30(17)37-11-18)39-25(42)13-41-28-21(27(40-41)29(33)34)2-1-16-9-22(16)28/h3-6,8,10-12,14,16,22,24,29H,1-2,7,9,13H2,(H,36,37)(H,39,42)/t16-,22+,24+/m1/s1. The van der Waals surface area contributed by atoms with Crippen LogP contribution in [-0.4, -0.2) is 35.6 Å². The number of hydrogen-bond acceptors (Lipinski definition) is 5. The number of alkyl halides is 2. The predicted molar refractivity (Wildman–Crippen MR) is 144 cm³/mol. The fourth-order valence-corrected chi connectivity index (χ4v) is 6.21. The summed E-state index contributed by atoms with van der Waals surface area (Å²) >= 11 is 0. The number of H-pyrrole nitrogens is 1. The van der Waals surface area contributed by atoms with Crippen LogP contribution in [0.15, 0.2) is 55.2 Å². The largest absolute Gasteiger partial charge is 0.346 e. The van der Waals surface area contributed by atoms with Crippen molar-refractivity contribution < 1.29 is 22.4 Å². The summed E-state index contributed by atoms with van der Waals surface area (Å²) in [5, 5.41) is 7.94. The molecule has 42 heavy (non-hydrogen) atoms. The van der Waals surface area contributed by atoms with Gasteiger partial charge >= 0.3 is 0 Å². The van der Waals surface area contributed by atoms with E-state index in [0.29, 0.717) is 51.6 Å². The number of hydrogen-bond donors (Lipinski definition) is 2. The minimum Gasteiger partial charge on any atom is -0.346 e. The smallest absolute Gasteiger partial charge is 0.282 e. The van der Waals surface area contributed by atoms with E-state index >= 15 is 0 Å². The second-order valence-electron chi connectivity index (χ2n) is 10.9. The maximum absolute atomic E-state index is 14.1. The maximum atomic E-state index is 14.1. The summed E-state index contributed by atoms with van der Waals surface area (Å²) in [6.07, 6.45) is 5.89. The summed E-state index contributed by atoms with van der Waals surface area (Å²) in [7, 11) is 0. The van der Waals surface area contributed by atoms with Gasteiger partial charge in [0.15, 0.2) is 0 Å². The highest BCUT2D eigenvalue weighted by Gasteiger charge is 2.46. The van der Waals surface area contributed by atoms with E-state index in [-0.39, 0.29) is 24.6 Å². The second-order valence-corrected chi connectivity index (χ2v) is 10.9. The lowest BCUT2D eigenvalue weighted by atomic mass is 9.95. The monoisotopic (exact) mass is 575 g/mol. The van der Waals surface area contributed by atoms with Crippen LogP contribution in [0.5, 0.6) is 0 Å². The Balaban J connectivity index is 1.24. The molecule has 1 saturated carbocycles. The second kappa shape index (κ2) is 10.3. The van der Waals surface area contributed by atoms with Crippen LogP contribution >= 0.6 is 0 Å². The SMILES string of the molecule is O=C(Cn1nc(C(F)F)c2c1[C@H]1C[C@H]1CC2)N[C@@H](Cc1cc(F)cc(F)c1)c1ncncc1-c1cnc2[nH]ccc2c1. The molecule has 0 unspecified atom stereocenters. The van der Waals surface area contributed by atoms with E-state index in [9.17, 15) is 22.4 Å². The van der Waals surface area contributed by atoms with Gasteiger partial charge in [0, 0.05) is 58.3 Å². The molecule has 4 aromatic heterocycles. The Hall–Kier alpha value is -4.61. The minimum absolute atomic E-state index is 0.00839. The van der Waals surface area contributed by atoms with Crippen LogP contribution in [0.4, 0.5) is 17.6 Å². The fourth-order valence-electron chi connectivity index (χ4n) is 6.21. The minimum atomic E-state index is -2.73.